The molecule has 4 nitrogen and oxygen atoms in total. The monoisotopic (exact) mass is 142 g/mol. The van der Waals surface area contributed by atoms with Crippen LogP contribution in [0.15, 0.2) is 12.3 Å². The highest BCUT2D eigenvalue weighted by Gasteiger charge is 2.24. The van der Waals surface area contributed by atoms with Gasteiger partial charge in [-0.05, 0) is 12.5 Å². The number of allylic oxidation sites excluding steroid dienone is 1. The molecule has 2 atom stereocenters. The molecule has 1 aliphatic rings. The van der Waals surface area contributed by atoms with Crippen molar-refractivity contribution in [2.45, 2.75) is 12.6 Å². The summed E-state index contributed by atoms with van der Waals surface area (Å²) in [6.45, 7) is 0. The van der Waals surface area contributed by atoms with E-state index in [-0.39, 0.29) is 5.92 Å². The summed E-state index contributed by atoms with van der Waals surface area (Å²) in [5.41, 5.74) is 10.4. The van der Waals surface area contributed by atoms with Crippen LogP contribution in [0.25, 0.3) is 0 Å². The van der Waals surface area contributed by atoms with E-state index >= 15 is 0 Å². The second-order valence-electron chi connectivity index (χ2n) is 2.22. The molecule has 0 fully saturated rings. The molecule has 56 valence electrons. The predicted octanol–water partition coefficient (Wildman–Crippen LogP) is -0.693. The highest BCUT2D eigenvalue weighted by atomic mass is 16.5. The van der Waals surface area contributed by atoms with Crippen molar-refractivity contribution < 1.29 is 9.53 Å². The van der Waals surface area contributed by atoms with E-state index in [9.17, 15) is 4.79 Å². The molecule has 0 radical (unpaired) electrons. The van der Waals surface area contributed by atoms with Crippen molar-refractivity contribution in [2.24, 2.45) is 17.4 Å². The van der Waals surface area contributed by atoms with Crippen molar-refractivity contribution in [3.8, 4) is 0 Å². The highest BCUT2D eigenvalue weighted by Crippen LogP contribution is 2.13. The second-order valence-corrected chi connectivity index (χ2v) is 2.22. The number of nitrogens with two attached hydrogens (primary N) is 2. The molecule has 0 spiro atoms. The van der Waals surface area contributed by atoms with Crippen LogP contribution in [-0.4, -0.2) is 12.1 Å². The van der Waals surface area contributed by atoms with Gasteiger partial charge < -0.3 is 10.5 Å². The smallest absolute Gasteiger partial charge is 0.226 e. The maximum absolute atomic E-state index is 10.6. The average molecular weight is 142 g/mol. The summed E-state index contributed by atoms with van der Waals surface area (Å²) < 4.78 is 4.85. The molecule has 0 aliphatic carbocycles. The Bertz CT molecular complexity index is 167. The van der Waals surface area contributed by atoms with E-state index in [2.05, 4.69) is 0 Å². The molecule has 0 saturated heterocycles. The highest BCUT2D eigenvalue weighted by molar-refractivity contribution is 5.77. The zero-order chi connectivity index (χ0) is 7.56. The third-order valence-electron chi connectivity index (χ3n) is 1.48. The van der Waals surface area contributed by atoms with E-state index in [0.717, 1.165) is 0 Å². The van der Waals surface area contributed by atoms with Gasteiger partial charge in [0.15, 0.2) is 6.23 Å². The van der Waals surface area contributed by atoms with Crippen molar-refractivity contribution in [2.75, 3.05) is 0 Å². The van der Waals surface area contributed by atoms with Crippen molar-refractivity contribution >= 4 is 5.91 Å². The Morgan fingerprint density at radius 2 is 2.40 bits per heavy atom. The molecule has 2 unspecified atom stereocenters. The lowest BCUT2D eigenvalue weighted by molar-refractivity contribution is -0.125. The molecule has 0 aromatic rings. The normalized spacial score (nSPS) is 31.3. The number of primary amides is 1. The van der Waals surface area contributed by atoms with Crippen LogP contribution in [0.5, 0.6) is 0 Å². The van der Waals surface area contributed by atoms with Crippen molar-refractivity contribution in [1.29, 1.82) is 0 Å². The third kappa shape index (κ3) is 1.27. The summed E-state index contributed by atoms with van der Waals surface area (Å²) in [6, 6.07) is 0. The Morgan fingerprint density at radius 1 is 1.70 bits per heavy atom. The molecular formula is C6H10N2O2. The van der Waals surface area contributed by atoms with Gasteiger partial charge in [0.2, 0.25) is 5.91 Å². The Morgan fingerprint density at radius 3 is 2.80 bits per heavy atom. The number of amides is 1. The minimum Gasteiger partial charge on any atom is -0.483 e. The Hall–Kier alpha value is -1.03. The molecule has 1 aliphatic heterocycles. The van der Waals surface area contributed by atoms with E-state index in [4.69, 9.17) is 16.2 Å². The van der Waals surface area contributed by atoms with Crippen LogP contribution in [0.1, 0.15) is 6.42 Å². The first-order valence-corrected chi connectivity index (χ1v) is 3.07. The molecule has 1 rings (SSSR count). The first-order valence-electron chi connectivity index (χ1n) is 3.07. The summed E-state index contributed by atoms with van der Waals surface area (Å²) >= 11 is 0. The molecular weight excluding hydrogens is 132 g/mol. The minimum atomic E-state index is -0.567. The molecule has 10 heavy (non-hydrogen) atoms. The van der Waals surface area contributed by atoms with E-state index in [0.29, 0.717) is 6.42 Å². The first-order chi connectivity index (χ1) is 4.72. The van der Waals surface area contributed by atoms with Gasteiger partial charge in [0.05, 0.1) is 12.2 Å². The number of carbonyl (C=O) groups is 1. The molecule has 4 heteroatoms. The number of hydrogen-bond acceptors (Lipinski definition) is 3. The van der Waals surface area contributed by atoms with Gasteiger partial charge in [0, 0.05) is 0 Å². The molecule has 0 aromatic heterocycles. The number of rotatable bonds is 1. The van der Waals surface area contributed by atoms with E-state index in [1.165, 1.54) is 6.26 Å². The Kier molecular flexibility index (Phi) is 1.91. The SMILES string of the molecule is NC(=O)C1CC=COC1N. The lowest BCUT2D eigenvalue weighted by Crippen LogP contribution is -2.41. The maximum Gasteiger partial charge on any atom is 0.226 e. The lowest BCUT2D eigenvalue weighted by Gasteiger charge is -2.22. The minimum absolute atomic E-state index is 0.370. The summed E-state index contributed by atoms with van der Waals surface area (Å²) in [5.74, 6) is -0.776. The standard InChI is InChI=1S/C6H10N2O2/c7-5(9)4-2-1-3-10-6(4)8/h1,3-4,6H,2,8H2,(H2,7,9). The molecule has 0 bridgehead atoms. The largest absolute Gasteiger partial charge is 0.483 e. The zero-order valence-electron chi connectivity index (χ0n) is 5.49. The lowest BCUT2D eigenvalue weighted by atomic mass is 10.0. The predicted molar refractivity (Wildman–Crippen MR) is 35.5 cm³/mol. The fourth-order valence-electron chi connectivity index (χ4n) is 0.855. The summed E-state index contributed by atoms with van der Waals surface area (Å²) in [4.78, 5) is 10.6. The van der Waals surface area contributed by atoms with Crippen LogP contribution in [0.3, 0.4) is 0 Å². The van der Waals surface area contributed by atoms with E-state index < -0.39 is 12.1 Å². The number of hydrogen-bond donors (Lipinski definition) is 2. The van der Waals surface area contributed by atoms with Gasteiger partial charge in [-0.2, -0.15) is 0 Å². The molecule has 1 amide bonds. The van der Waals surface area contributed by atoms with Crippen LogP contribution < -0.4 is 11.5 Å². The average Bonchev–Trinajstić information content (AvgIpc) is 1.88. The van der Waals surface area contributed by atoms with E-state index in [1.807, 2.05) is 0 Å². The molecule has 0 aromatic carbocycles. The van der Waals surface area contributed by atoms with Crippen LogP contribution in [0.4, 0.5) is 0 Å². The third-order valence-corrected chi connectivity index (χ3v) is 1.48. The quantitative estimate of drug-likeness (QED) is 0.508. The molecule has 4 N–H and O–H groups in total. The Labute approximate surface area is 58.8 Å². The van der Waals surface area contributed by atoms with Crippen LogP contribution in [0.2, 0.25) is 0 Å². The molecule has 1 heterocycles. The van der Waals surface area contributed by atoms with Crippen LogP contribution in [-0.2, 0) is 9.53 Å². The molecule has 0 saturated carbocycles. The first kappa shape index (κ1) is 7.08. The second kappa shape index (κ2) is 2.70. The van der Waals surface area contributed by atoms with Gasteiger partial charge >= 0.3 is 0 Å². The van der Waals surface area contributed by atoms with Crippen molar-refractivity contribution in [3.63, 3.8) is 0 Å². The van der Waals surface area contributed by atoms with Crippen molar-refractivity contribution in [3.05, 3.63) is 12.3 Å². The number of ether oxygens (including phenoxy) is 1. The zero-order valence-corrected chi connectivity index (χ0v) is 5.49. The van der Waals surface area contributed by atoms with Gasteiger partial charge in [0.25, 0.3) is 0 Å². The summed E-state index contributed by atoms with van der Waals surface area (Å²) in [5, 5.41) is 0. The van der Waals surface area contributed by atoms with Gasteiger partial charge in [-0.15, -0.1) is 0 Å². The summed E-state index contributed by atoms with van der Waals surface area (Å²) in [6.07, 6.45) is 3.24. The van der Waals surface area contributed by atoms with E-state index in [1.54, 1.807) is 6.08 Å². The van der Waals surface area contributed by atoms with Gasteiger partial charge in [0.1, 0.15) is 0 Å². The Balaban J connectivity index is 2.59. The van der Waals surface area contributed by atoms with Crippen LogP contribution >= 0.6 is 0 Å². The topological polar surface area (TPSA) is 78.3 Å². The van der Waals surface area contributed by atoms with Gasteiger partial charge in [-0.25, -0.2) is 0 Å². The summed E-state index contributed by atoms with van der Waals surface area (Å²) in [7, 11) is 0. The fourth-order valence-corrected chi connectivity index (χ4v) is 0.855. The van der Waals surface area contributed by atoms with Crippen molar-refractivity contribution in [1.82, 2.24) is 0 Å². The van der Waals surface area contributed by atoms with Gasteiger partial charge in [-0.3, -0.25) is 10.5 Å². The number of carbonyl (C=O) groups excluding carboxylic acids is 1. The van der Waals surface area contributed by atoms with Crippen LogP contribution in [0, 0.1) is 5.92 Å². The fraction of sp³-hybridized carbons (Fsp3) is 0.500. The maximum atomic E-state index is 10.6. The van der Waals surface area contributed by atoms with Gasteiger partial charge in [-0.1, -0.05) is 0 Å².